The molecule has 0 aliphatic heterocycles. The number of hydrogen-bond acceptors (Lipinski definition) is 4. The number of aromatic nitrogens is 4. The third-order valence-electron chi connectivity index (χ3n) is 1.73. The van der Waals surface area contributed by atoms with E-state index in [-0.39, 0.29) is 5.78 Å². The second-order valence-corrected chi connectivity index (χ2v) is 2.74. The highest BCUT2D eigenvalue weighted by atomic mass is 16.1. The number of Topliss-reactive ketones (excluding diaryl/α,β-unsaturated/α-hetero) is 1. The molecule has 5 nitrogen and oxygen atoms in total. The quantitative estimate of drug-likeness (QED) is 0.656. The molecule has 0 radical (unpaired) electrons. The molecular weight excluding hydrogens is 180 g/mol. The highest BCUT2D eigenvalue weighted by molar-refractivity contribution is 5.90. The topological polar surface area (TPSA) is 60.7 Å². The monoisotopic (exact) mass is 188 g/mol. The first kappa shape index (κ1) is 8.55. The Labute approximate surface area is 80.4 Å². The van der Waals surface area contributed by atoms with Crippen LogP contribution in [0.15, 0.2) is 30.7 Å². The molecule has 0 bridgehead atoms. The Bertz CT molecular complexity index is 449. The van der Waals surface area contributed by atoms with Gasteiger partial charge in [0.05, 0.1) is 0 Å². The average molecular weight is 188 g/mol. The van der Waals surface area contributed by atoms with Crippen LogP contribution in [0.1, 0.15) is 17.5 Å². The van der Waals surface area contributed by atoms with E-state index < -0.39 is 0 Å². The van der Waals surface area contributed by atoms with Crippen molar-refractivity contribution in [3.05, 3.63) is 36.5 Å². The van der Waals surface area contributed by atoms with Crippen molar-refractivity contribution in [2.24, 2.45) is 0 Å². The lowest BCUT2D eigenvalue weighted by Crippen LogP contribution is -2.08. The molecule has 0 saturated carbocycles. The van der Waals surface area contributed by atoms with Crippen LogP contribution in [-0.2, 0) is 0 Å². The van der Waals surface area contributed by atoms with Gasteiger partial charge in [0.15, 0.2) is 11.6 Å². The third kappa shape index (κ3) is 1.39. The summed E-state index contributed by atoms with van der Waals surface area (Å²) >= 11 is 0. The van der Waals surface area contributed by atoms with Crippen LogP contribution in [0.4, 0.5) is 0 Å². The number of hydrogen-bond donors (Lipinski definition) is 0. The highest BCUT2D eigenvalue weighted by Crippen LogP contribution is 2.04. The number of ketones is 1. The number of pyridine rings is 1. The molecule has 70 valence electrons. The Morgan fingerprint density at radius 3 is 2.86 bits per heavy atom. The molecule has 0 aliphatic rings. The molecule has 0 saturated heterocycles. The van der Waals surface area contributed by atoms with Crippen LogP contribution in [-0.4, -0.2) is 25.5 Å². The number of carbonyl (C=O) groups is 1. The van der Waals surface area contributed by atoms with Crippen molar-refractivity contribution in [2.75, 3.05) is 0 Å². The van der Waals surface area contributed by atoms with Gasteiger partial charge < -0.3 is 0 Å². The van der Waals surface area contributed by atoms with Crippen LogP contribution < -0.4 is 0 Å². The lowest BCUT2D eigenvalue weighted by molar-refractivity contribution is 0.100. The maximum Gasteiger partial charge on any atom is 0.200 e. The largest absolute Gasteiger partial charge is 0.291 e. The Hall–Kier alpha value is -2.04. The predicted molar refractivity (Wildman–Crippen MR) is 49.2 cm³/mol. The Morgan fingerprint density at radius 1 is 1.36 bits per heavy atom. The molecule has 0 unspecified atom stereocenters. The third-order valence-corrected chi connectivity index (χ3v) is 1.73. The van der Waals surface area contributed by atoms with Crippen LogP contribution in [0.3, 0.4) is 0 Å². The molecule has 2 heterocycles. The maximum atomic E-state index is 11.1. The van der Waals surface area contributed by atoms with E-state index in [0.29, 0.717) is 11.6 Å². The summed E-state index contributed by atoms with van der Waals surface area (Å²) in [6, 6.07) is 5.39. The Morgan fingerprint density at radius 2 is 2.21 bits per heavy atom. The first-order valence-electron chi connectivity index (χ1n) is 4.11. The molecule has 2 aromatic heterocycles. The van der Waals surface area contributed by atoms with Crippen molar-refractivity contribution in [3.8, 4) is 5.82 Å². The molecule has 0 atom stereocenters. The summed E-state index contributed by atoms with van der Waals surface area (Å²) in [5.41, 5.74) is 0. The average Bonchev–Trinajstić information content (AvgIpc) is 2.67. The van der Waals surface area contributed by atoms with Gasteiger partial charge in [-0.05, 0) is 12.1 Å². The van der Waals surface area contributed by atoms with Gasteiger partial charge >= 0.3 is 0 Å². The molecule has 0 fully saturated rings. The van der Waals surface area contributed by atoms with E-state index >= 15 is 0 Å². The van der Waals surface area contributed by atoms with E-state index in [1.807, 2.05) is 6.07 Å². The lowest BCUT2D eigenvalue weighted by atomic mass is 10.4. The molecule has 0 amide bonds. The van der Waals surface area contributed by atoms with E-state index in [2.05, 4.69) is 15.1 Å². The van der Waals surface area contributed by atoms with Crippen LogP contribution in [0, 0.1) is 0 Å². The summed E-state index contributed by atoms with van der Waals surface area (Å²) < 4.78 is 1.42. The summed E-state index contributed by atoms with van der Waals surface area (Å²) in [4.78, 5) is 19.1. The van der Waals surface area contributed by atoms with Crippen LogP contribution in [0.5, 0.6) is 0 Å². The number of rotatable bonds is 2. The van der Waals surface area contributed by atoms with E-state index in [1.165, 1.54) is 17.9 Å². The SMILES string of the molecule is CC(=O)c1ncnn1-c1ccccn1. The highest BCUT2D eigenvalue weighted by Gasteiger charge is 2.10. The summed E-state index contributed by atoms with van der Waals surface area (Å²) in [5, 5.41) is 3.93. The van der Waals surface area contributed by atoms with Crippen LogP contribution in [0.2, 0.25) is 0 Å². The smallest absolute Gasteiger partial charge is 0.200 e. The van der Waals surface area contributed by atoms with Gasteiger partial charge in [-0.25, -0.2) is 9.97 Å². The van der Waals surface area contributed by atoms with Gasteiger partial charge in [0.2, 0.25) is 5.82 Å². The molecule has 2 rings (SSSR count). The van der Waals surface area contributed by atoms with Gasteiger partial charge in [0.1, 0.15) is 6.33 Å². The van der Waals surface area contributed by atoms with Gasteiger partial charge in [-0.3, -0.25) is 4.79 Å². The maximum absolute atomic E-state index is 11.1. The summed E-state index contributed by atoms with van der Waals surface area (Å²) in [6.45, 7) is 1.45. The standard InChI is InChI=1S/C9H8N4O/c1-7(14)9-11-6-12-13(9)8-4-2-3-5-10-8/h2-6H,1H3. The van der Waals surface area contributed by atoms with E-state index in [1.54, 1.807) is 18.3 Å². The molecule has 5 heteroatoms. The number of nitrogens with zero attached hydrogens (tertiary/aromatic N) is 4. The molecule has 0 spiro atoms. The summed E-state index contributed by atoms with van der Waals surface area (Å²) in [7, 11) is 0. The van der Waals surface area contributed by atoms with Gasteiger partial charge in [-0.1, -0.05) is 6.07 Å². The Kier molecular flexibility index (Phi) is 2.06. The minimum absolute atomic E-state index is 0.131. The van der Waals surface area contributed by atoms with Crippen molar-refractivity contribution in [2.45, 2.75) is 6.92 Å². The first-order valence-corrected chi connectivity index (χ1v) is 4.11. The van der Waals surface area contributed by atoms with E-state index in [0.717, 1.165) is 0 Å². The Balaban J connectivity index is 2.52. The fraction of sp³-hybridized carbons (Fsp3) is 0.111. The fourth-order valence-corrected chi connectivity index (χ4v) is 1.13. The first-order chi connectivity index (χ1) is 6.79. The van der Waals surface area contributed by atoms with Crippen LogP contribution >= 0.6 is 0 Å². The molecule has 0 N–H and O–H groups in total. The number of carbonyl (C=O) groups excluding carboxylic acids is 1. The summed E-state index contributed by atoms with van der Waals surface area (Å²) in [6.07, 6.45) is 2.98. The van der Waals surface area contributed by atoms with Gasteiger partial charge in [-0.2, -0.15) is 9.78 Å². The minimum atomic E-state index is -0.131. The lowest BCUT2D eigenvalue weighted by Gasteiger charge is -2.00. The molecule has 0 aromatic carbocycles. The fourth-order valence-electron chi connectivity index (χ4n) is 1.13. The predicted octanol–water partition coefficient (Wildman–Crippen LogP) is 0.865. The van der Waals surface area contributed by atoms with E-state index in [9.17, 15) is 4.79 Å². The van der Waals surface area contributed by atoms with Crippen molar-refractivity contribution in [1.29, 1.82) is 0 Å². The van der Waals surface area contributed by atoms with Gasteiger partial charge in [-0.15, -0.1) is 0 Å². The van der Waals surface area contributed by atoms with Gasteiger partial charge in [0.25, 0.3) is 0 Å². The molecule has 14 heavy (non-hydrogen) atoms. The molecule has 2 aromatic rings. The second kappa shape index (κ2) is 3.37. The summed E-state index contributed by atoms with van der Waals surface area (Å²) in [5.74, 6) is 0.757. The van der Waals surface area contributed by atoms with Crippen molar-refractivity contribution < 1.29 is 4.79 Å². The normalized spacial score (nSPS) is 10.1. The zero-order valence-electron chi connectivity index (χ0n) is 7.58. The molecular formula is C9H8N4O. The minimum Gasteiger partial charge on any atom is -0.291 e. The molecule has 0 aliphatic carbocycles. The van der Waals surface area contributed by atoms with E-state index in [4.69, 9.17) is 0 Å². The zero-order chi connectivity index (χ0) is 9.97. The van der Waals surface area contributed by atoms with Crippen molar-refractivity contribution >= 4 is 5.78 Å². The van der Waals surface area contributed by atoms with Crippen LogP contribution in [0.25, 0.3) is 5.82 Å². The van der Waals surface area contributed by atoms with Gasteiger partial charge in [0, 0.05) is 13.1 Å². The second-order valence-electron chi connectivity index (χ2n) is 2.74. The zero-order valence-corrected chi connectivity index (χ0v) is 7.58. The van der Waals surface area contributed by atoms with Crippen molar-refractivity contribution in [1.82, 2.24) is 19.7 Å². The van der Waals surface area contributed by atoms with Crippen molar-refractivity contribution in [3.63, 3.8) is 0 Å².